The molecule has 0 unspecified atom stereocenters. The quantitative estimate of drug-likeness (QED) is 0.883. The van der Waals surface area contributed by atoms with Gasteiger partial charge in [0.25, 0.3) is 5.56 Å². The summed E-state index contributed by atoms with van der Waals surface area (Å²) in [7, 11) is 0. The van der Waals surface area contributed by atoms with Crippen molar-refractivity contribution >= 4 is 12.2 Å². The third-order valence-electron chi connectivity index (χ3n) is 3.78. The second-order valence-electron chi connectivity index (χ2n) is 6.15. The number of rotatable bonds is 4. The maximum absolute atomic E-state index is 12.8. The Bertz CT molecular complexity index is 780. The molecule has 1 fully saturated rings. The summed E-state index contributed by atoms with van der Waals surface area (Å²) in [6.07, 6.45) is 2.17. The van der Waals surface area contributed by atoms with E-state index in [1.807, 2.05) is 28.2 Å². The fourth-order valence-corrected chi connectivity index (χ4v) is 2.87. The number of hydrogen-bond donors (Lipinski definition) is 1. The predicted octanol–water partition coefficient (Wildman–Crippen LogP) is 3.07. The van der Waals surface area contributed by atoms with E-state index in [9.17, 15) is 4.79 Å². The summed E-state index contributed by atoms with van der Waals surface area (Å²) >= 11 is 5.29. The number of hydrogen-bond acceptors (Lipinski definition) is 3. The van der Waals surface area contributed by atoms with Gasteiger partial charge in [-0.05, 0) is 50.0 Å². The molecule has 0 radical (unpaired) electrons. The number of aryl methyl sites for hydroxylation is 1. The smallest absolute Gasteiger partial charge is 0.262 e. The van der Waals surface area contributed by atoms with Gasteiger partial charge >= 0.3 is 0 Å². The summed E-state index contributed by atoms with van der Waals surface area (Å²) in [5.41, 5.74) is 1.67. The third-order valence-corrected chi connectivity index (χ3v) is 4.09. The summed E-state index contributed by atoms with van der Waals surface area (Å²) in [4.78, 5) is 12.8. The molecule has 5 nitrogen and oxygen atoms in total. The molecule has 2 aromatic rings. The zero-order valence-electron chi connectivity index (χ0n) is 12.6. The Morgan fingerprint density at radius 1 is 1.43 bits per heavy atom. The molecule has 1 aliphatic rings. The number of aromatic nitrogens is 4. The number of nitrogens with one attached hydrogen (secondary N) is 1. The minimum atomic E-state index is 0.0384. The van der Waals surface area contributed by atoms with Gasteiger partial charge in [-0.3, -0.25) is 14.5 Å². The van der Waals surface area contributed by atoms with Crippen LogP contribution in [0.25, 0.3) is 11.4 Å². The van der Waals surface area contributed by atoms with Crippen LogP contribution in [0.1, 0.15) is 38.4 Å². The molecule has 21 heavy (non-hydrogen) atoms. The predicted molar refractivity (Wildman–Crippen MR) is 85.0 cm³/mol. The highest BCUT2D eigenvalue weighted by Crippen LogP contribution is 2.34. The lowest BCUT2D eigenvalue weighted by atomic mass is 10.2. The average molecular weight is 304 g/mol. The standard InChI is InChI=1S/C15H20N4OS/c1-9(2)8-18-13(16-17-15(18)21)12-7-4-10(3)19(14(12)20)11-5-6-11/h4,7,9,11H,5-6,8H2,1-3H3,(H,17,21). The Kier molecular flexibility index (Phi) is 3.57. The summed E-state index contributed by atoms with van der Waals surface area (Å²) in [6, 6.07) is 4.21. The molecule has 3 rings (SSSR count). The van der Waals surface area contributed by atoms with Gasteiger partial charge < -0.3 is 4.57 Å². The molecular formula is C15H20N4OS. The maximum Gasteiger partial charge on any atom is 0.262 e. The zero-order chi connectivity index (χ0) is 15.1. The van der Waals surface area contributed by atoms with E-state index in [2.05, 4.69) is 24.0 Å². The van der Waals surface area contributed by atoms with Gasteiger partial charge in [-0.2, -0.15) is 5.10 Å². The summed E-state index contributed by atoms with van der Waals surface area (Å²) in [6.45, 7) is 6.97. The normalized spacial score (nSPS) is 14.9. The number of pyridine rings is 1. The van der Waals surface area contributed by atoms with Gasteiger partial charge in [-0.1, -0.05) is 13.8 Å². The second-order valence-corrected chi connectivity index (χ2v) is 6.54. The fraction of sp³-hybridized carbons (Fsp3) is 0.533. The van der Waals surface area contributed by atoms with E-state index >= 15 is 0 Å². The van der Waals surface area contributed by atoms with Crippen molar-refractivity contribution in [2.75, 3.05) is 0 Å². The van der Waals surface area contributed by atoms with Gasteiger partial charge in [-0.25, -0.2) is 0 Å². The third kappa shape index (κ3) is 2.60. The zero-order valence-corrected chi connectivity index (χ0v) is 13.4. The highest BCUT2D eigenvalue weighted by molar-refractivity contribution is 7.71. The lowest BCUT2D eigenvalue weighted by Gasteiger charge is -2.12. The maximum atomic E-state index is 12.8. The van der Waals surface area contributed by atoms with Gasteiger partial charge in [-0.15, -0.1) is 0 Å². The SMILES string of the molecule is Cc1ccc(-c2n[nH]c(=S)n2CC(C)C)c(=O)n1C1CC1. The first-order valence-corrected chi connectivity index (χ1v) is 7.77. The first-order chi connectivity index (χ1) is 9.99. The van der Waals surface area contributed by atoms with Crippen molar-refractivity contribution < 1.29 is 0 Å². The second kappa shape index (κ2) is 5.26. The van der Waals surface area contributed by atoms with E-state index in [1.165, 1.54) is 0 Å². The Morgan fingerprint density at radius 3 is 2.76 bits per heavy atom. The average Bonchev–Trinajstić information content (AvgIpc) is 3.18. The van der Waals surface area contributed by atoms with Gasteiger partial charge in [0.2, 0.25) is 0 Å². The summed E-state index contributed by atoms with van der Waals surface area (Å²) in [5, 5.41) is 7.10. The Balaban J connectivity index is 2.16. The summed E-state index contributed by atoms with van der Waals surface area (Å²) in [5.74, 6) is 1.08. The van der Waals surface area contributed by atoms with E-state index in [0.717, 1.165) is 25.1 Å². The van der Waals surface area contributed by atoms with Crippen LogP contribution in [0, 0.1) is 17.6 Å². The van der Waals surface area contributed by atoms with Gasteiger partial charge in [0.15, 0.2) is 10.6 Å². The molecule has 0 amide bonds. The van der Waals surface area contributed by atoms with Crippen molar-refractivity contribution in [3.63, 3.8) is 0 Å². The fourth-order valence-electron chi connectivity index (χ4n) is 2.66. The molecule has 1 aliphatic carbocycles. The molecule has 0 aliphatic heterocycles. The van der Waals surface area contributed by atoms with Crippen molar-refractivity contribution in [2.45, 2.75) is 46.2 Å². The molecule has 0 atom stereocenters. The molecule has 1 N–H and O–H groups in total. The van der Waals surface area contributed by atoms with E-state index < -0.39 is 0 Å². The molecule has 0 bridgehead atoms. The van der Waals surface area contributed by atoms with Crippen molar-refractivity contribution in [3.05, 3.63) is 33.0 Å². The Morgan fingerprint density at radius 2 is 2.14 bits per heavy atom. The van der Waals surface area contributed by atoms with Crippen LogP contribution in [-0.2, 0) is 6.54 Å². The highest BCUT2D eigenvalue weighted by Gasteiger charge is 2.27. The first-order valence-electron chi connectivity index (χ1n) is 7.36. The number of H-pyrrole nitrogens is 1. The molecule has 6 heteroatoms. The Hall–Kier alpha value is -1.69. The topological polar surface area (TPSA) is 55.6 Å². The van der Waals surface area contributed by atoms with Crippen LogP contribution in [0.3, 0.4) is 0 Å². The van der Waals surface area contributed by atoms with E-state index in [4.69, 9.17) is 12.2 Å². The number of aromatic amines is 1. The van der Waals surface area contributed by atoms with Crippen LogP contribution in [0.4, 0.5) is 0 Å². The monoisotopic (exact) mass is 304 g/mol. The van der Waals surface area contributed by atoms with E-state index in [-0.39, 0.29) is 5.56 Å². The van der Waals surface area contributed by atoms with Crippen LogP contribution >= 0.6 is 12.2 Å². The molecule has 2 heterocycles. The van der Waals surface area contributed by atoms with Crippen LogP contribution in [0.2, 0.25) is 0 Å². The van der Waals surface area contributed by atoms with Crippen molar-refractivity contribution in [3.8, 4) is 11.4 Å². The summed E-state index contributed by atoms with van der Waals surface area (Å²) < 4.78 is 4.38. The molecule has 112 valence electrons. The van der Waals surface area contributed by atoms with Crippen molar-refractivity contribution in [1.82, 2.24) is 19.3 Å². The molecule has 0 aromatic carbocycles. The minimum absolute atomic E-state index is 0.0384. The van der Waals surface area contributed by atoms with Crippen LogP contribution in [0.15, 0.2) is 16.9 Å². The highest BCUT2D eigenvalue weighted by atomic mass is 32.1. The molecule has 0 saturated heterocycles. The lowest BCUT2D eigenvalue weighted by molar-refractivity contribution is 0.521. The molecule has 1 saturated carbocycles. The largest absolute Gasteiger partial charge is 0.309 e. The van der Waals surface area contributed by atoms with Crippen molar-refractivity contribution in [2.24, 2.45) is 5.92 Å². The molecular weight excluding hydrogens is 284 g/mol. The minimum Gasteiger partial charge on any atom is -0.309 e. The molecule has 2 aromatic heterocycles. The van der Waals surface area contributed by atoms with Crippen LogP contribution in [0.5, 0.6) is 0 Å². The Labute approximate surface area is 128 Å². The van der Waals surface area contributed by atoms with Gasteiger partial charge in [0.05, 0.1) is 5.56 Å². The van der Waals surface area contributed by atoms with Gasteiger partial charge in [0, 0.05) is 18.3 Å². The first kappa shape index (κ1) is 14.3. The van der Waals surface area contributed by atoms with Crippen molar-refractivity contribution in [1.29, 1.82) is 0 Å². The van der Waals surface area contributed by atoms with E-state index in [0.29, 0.717) is 28.1 Å². The van der Waals surface area contributed by atoms with E-state index in [1.54, 1.807) is 0 Å². The van der Waals surface area contributed by atoms with Gasteiger partial charge in [0.1, 0.15) is 0 Å². The number of nitrogens with zero attached hydrogens (tertiary/aromatic N) is 3. The molecule has 0 spiro atoms. The van der Waals surface area contributed by atoms with Crippen LogP contribution < -0.4 is 5.56 Å². The lowest BCUT2D eigenvalue weighted by Crippen LogP contribution is -2.24. The van der Waals surface area contributed by atoms with Crippen LogP contribution in [-0.4, -0.2) is 19.3 Å².